The zero-order valence-corrected chi connectivity index (χ0v) is 10.2. The van der Waals surface area contributed by atoms with Gasteiger partial charge in [0, 0.05) is 0 Å². The maximum atomic E-state index is 11.6. The fraction of sp³-hybridized carbons (Fsp3) is 0.286. The van der Waals surface area contributed by atoms with E-state index in [0.29, 0.717) is 0 Å². The number of aryl methyl sites for hydroxylation is 1. The Bertz CT molecular complexity index is 481. The molecule has 0 aliphatic rings. The largest absolute Gasteiger partial charge is 0.459 e. The van der Waals surface area contributed by atoms with Crippen LogP contribution in [0.25, 0.3) is 6.08 Å². The summed E-state index contributed by atoms with van der Waals surface area (Å²) in [6.07, 6.45) is 1.33. The summed E-state index contributed by atoms with van der Waals surface area (Å²) >= 11 is 0. The number of rotatable bonds is 3. The lowest BCUT2D eigenvalue weighted by molar-refractivity contribution is -0.142. The van der Waals surface area contributed by atoms with Crippen LogP contribution in [0.15, 0.2) is 29.8 Å². The van der Waals surface area contributed by atoms with Gasteiger partial charge >= 0.3 is 5.97 Å². The summed E-state index contributed by atoms with van der Waals surface area (Å²) in [4.78, 5) is 11.6. The average molecular weight is 229 g/mol. The molecular weight excluding hydrogens is 214 g/mol. The maximum absolute atomic E-state index is 11.6. The minimum absolute atomic E-state index is 0.0213. The molecule has 0 spiro atoms. The van der Waals surface area contributed by atoms with Gasteiger partial charge in [-0.25, -0.2) is 4.79 Å². The van der Waals surface area contributed by atoms with Crippen LogP contribution in [0.3, 0.4) is 0 Å². The molecule has 0 amide bonds. The van der Waals surface area contributed by atoms with Crippen molar-refractivity contribution in [2.75, 3.05) is 0 Å². The summed E-state index contributed by atoms with van der Waals surface area (Å²) in [6.45, 7) is 5.43. The first-order chi connectivity index (χ1) is 8.04. The molecule has 0 heterocycles. The summed E-state index contributed by atoms with van der Waals surface area (Å²) in [5, 5.41) is 8.94. The van der Waals surface area contributed by atoms with Crippen LogP contribution in [0.2, 0.25) is 0 Å². The van der Waals surface area contributed by atoms with Crippen LogP contribution in [0, 0.1) is 18.3 Å². The van der Waals surface area contributed by atoms with Crippen LogP contribution in [-0.2, 0) is 9.53 Å². The first-order valence-corrected chi connectivity index (χ1v) is 5.43. The highest BCUT2D eigenvalue weighted by atomic mass is 16.5. The van der Waals surface area contributed by atoms with Crippen LogP contribution >= 0.6 is 0 Å². The Balaban J connectivity index is 3.00. The van der Waals surface area contributed by atoms with Crippen LogP contribution in [0.5, 0.6) is 0 Å². The molecule has 0 saturated carbocycles. The van der Waals surface area contributed by atoms with Crippen molar-refractivity contribution in [1.82, 2.24) is 0 Å². The molecule has 17 heavy (non-hydrogen) atoms. The van der Waals surface area contributed by atoms with Gasteiger partial charge in [-0.1, -0.05) is 24.3 Å². The molecule has 0 bridgehead atoms. The third kappa shape index (κ3) is 3.76. The van der Waals surface area contributed by atoms with E-state index in [0.717, 1.165) is 11.1 Å². The average Bonchev–Trinajstić information content (AvgIpc) is 2.27. The third-order valence-electron chi connectivity index (χ3n) is 2.17. The van der Waals surface area contributed by atoms with E-state index in [1.165, 1.54) is 0 Å². The van der Waals surface area contributed by atoms with Gasteiger partial charge in [0.15, 0.2) is 0 Å². The number of nitrogens with zero attached hydrogens (tertiary/aromatic N) is 1. The summed E-state index contributed by atoms with van der Waals surface area (Å²) < 4.78 is 4.99. The molecule has 0 atom stereocenters. The monoisotopic (exact) mass is 229 g/mol. The van der Waals surface area contributed by atoms with E-state index >= 15 is 0 Å². The number of benzene rings is 1. The van der Waals surface area contributed by atoms with E-state index in [9.17, 15) is 4.79 Å². The van der Waals surface area contributed by atoms with Crippen molar-refractivity contribution in [3.8, 4) is 6.07 Å². The second-order valence-corrected chi connectivity index (χ2v) is 3.98. The highest BCUT2D eigenvalue weighted by molar-refractivity contribution is 5.98. The summed E-state index contributed by atoms with van der Waals surface area (Å²) in [7, 11) is 0. The van der Waals surface area contributed by atoms with Crippen LogP contribution in [-0.4, -0.2) is 12.1 Å². The highest BCUT2D eigenvalue weighted by Gasteiger charge is 2.12. The molecular formula is C14H15NO2. The standard InChI is InChI=1S/C14H15NO2/c1-10(2)17-14(16)13(9-15)8-12-7-5-4-6-11(12)3/h4-8,10H,1-3H3/b13-8-. The Hall–Kier alpha value is -2.08. The summed E-state index contributed by atoms with van der Waals surface area (Å²) in [5.74, 6) is -0.578. The van der Waals surface area contributed by atoms with Crippen molar-refractivity contribution in [3.63, 3.8) is 0 Å². The van der Waals surface area contributed by atoms with Gasteiger partial charge in [0.2, 0.25) is 0 Å². The molecule has 1 rings (SSSR count). The predicted octanol–water partition coefficient (Wildman–Crippen LogP) is 2.85. The Morgan fingerprint density at radius 3 is 2.59 bits per heavy atom. The molecule has 1 aromatic rings. The molecule has 1 aromatic carbocycles. The quantitative estimate of drug-likeness (QED) is 0.455. The topological polar surface area (TPSA) is 50.1 Å². The predicted molar refractivity (Wildman–Crippen MR) is 66.0 cm³/mol. The fourth-order valence-electron chi connectivity index (χ4n) is 1.32. The van der Waals surface area contributed by atoms with Gasteiger partial charge in [0.25, 0.3) is 0 Å². The lowest BCUT2D eigenvalue weighted by Crippen LogP contribution is -2.12. The molecule has 3 nitrogen and oxygen atoms in total. The number of carbonyl (C=O) groups excluding carboxylic acids is 1. The van der Waals surface area contributed by atoms with Crippen LogP contribution in [0.4, 0.5) is 0 Å². The molecule has 0 fully saturated rings. The van der Waals surface area contributed by atoms with Crippen molar-refractivity contribution < 1.29 is 9.53 Å². The minimum atomic E-state index is -0.578. The Labute approximate surface area is 101 Å². The SMILES string of the molecule is Cc1ccccc1/C=C(/C#N)C(=O)OC(C)C. The number of nitriles is 1. The first kappa shape index (κ1) is 13.0. The van der Waals surface area contributed by atoms with E-state index in [2.05, 4.69) is 0 Å². The van der Waals surface area contributed by atoms with Crippen LogP contribution in [0.1, 0.15) is 25.0 Å². The molecule has 0 unspecified atom stereocenters. The fourth-order valence-corrected chi connectivity index (χ4v) is 1.32. The normalized spacial score (nSPS) is 11.1. The van der Waals surface area contributed by atoms with E-state index < -0.39 is 5.97 Å². The zero-order valence-electron chi connectivity index (χ0n) is 10.2. The number of carbonyl (C=O) groups is 1. The summed E-state index contributed by atoms with van der Waals surface area (Å²) in [6, 6.07) is 9.42. The molecule has 3 heteroatoms. The van der Waals surface area contributed by atoms with E-state index in [1.54, 1.807) is 19.9 Å². The van der Waals surface area contributed by atoms with Gasteiger partial charge in [-0.3, -0.25) is 0 Å². The van der Waals surface area contributed by atoms with Gasteiger partial charge in [-0.15, -0.1) is 0 Å². The molecule has 0 saturated heterocycles. The highest BCUT2D eigenvalue weighted by Crippen LogP contribution is 2.13. The van der Waals surface area contributed by atoms with Gasteiger partial charge in [0.05, 0.1) is 6.10 Å². The van der Waals surface area contributed by atoms with Crippen molar-refractivity contribution in [3.05, 3.63) is 41.0 Å². The van der Waals surface area contributed by atoms with Gasteiger partial charge < -0.3 is 4.74 Å². The van der Waals surface area contributed by atoms with Crippen LogP contribution < -0.4 is 0 Å². The molecule has 0 aliphatic carbocycles. The van der Waals surface area contributed by atoms with E-state index in [-0.39, 0.29) is 11.7 Å². The smallest absolute Gasteiger partial charge is 0.349 e. The Morgan fingerprint density at radius 2 is 2.06 bits per heavy atom. The maximum Gasteiger partial charge on any atom is 0.349 e. The Morgan fingerprint density at radius 1 is 1.41 bits per heavy atom. The second-order valence-electron chi connectivity index (χ2n) is 3.98. The van der Waals surface area contributed by atoms with Crippen molar-refractivity contribution in [1.29, 1.82) is 5.26 Å². The number of hydrogen-bond acceptors (Lipinski definition) is 3. The van der Waals surface area contributed by atoms with Gasteiger partial charge in [0.1, 0.15) is 11.6 Å². The minimum Gasteiger partial charge on any atom is -0.459 e. The molecule has 0 radical (unpaired) electrons. The van der Waals surface area contributed by atoms with E-state index in [1.807, 2.05) is 37.3 Å². The second kappa shape index (κ2) is 5.86. The molecule has 0 aliphatic heterocycles. The number of ether oxygens (including phenoxy) is 1. The molecule has 0 aromatic heterocycles. The van der Waals surface area contributed by atoms with Crippen molar-refractivity contribution >= 4 is 12.0 Å². The van der Waals surface area contributed by atoms with Gasteiger partial charge in [-0.2, -0.15) is 5.26 Å². The van der Waals surface area contributed by atoms with Crippen molar-refractivity contribution in [2.45, 2.75) is 26.9 Å². The Kier molecular flexibility index (Phi) is 4.47. The van der Waals surface area contributed by atoms with Crippen molar-refractivity contribution in [2.24, 2.45) is 0 Å². The molecule has 88 valence electrons. The van der Waals surface area contributed by atoms with Gasteiger partial charge in [-0.05, 0) is 38.0 Å². The number of hydrogen-bond donors (Lipinski definition) is 0. The number of esters is 1. The van der Waals surface area contributed by atoms with E-state index in [4.69, 9.17) is 10.00 Å². The lowest BCUT2D eigenvalue weighted by Gasteiger charge is -2.07. The lowest BCUT2D eigenvalue weighted by atomic mass is 10.1. The third-order valence-corrected chi connectivity index (χ3v) is 2.17. The molecule has 0 N–H and O–H groups in total. The zero-order chi connectivity index (χ0) is 12.8. The first-order valence-electron chi connectivity index (χ1n) is 5.43. The summed E-state index contributed by atoms with van der Waals surface area (Å²) in [5.41, 5.74) is 1.88.